The maximum Gasteiger partial charge on any atom is 0.173 e. The highest BCUT2D eigenvalue weighted by atomic mass is 79.9. The zero-order valence-corrected chi connectivity index (χ0v) is 13.0. The Balaban J connectivity index is 2.21. The van der Waals surface area contributed by atoms with Crippen molar-refractivity contribution < 1.29 is 14.3 Å². The monoisotopic (exact) mass is 372 g/mol. The normalized spacial score (nSPS) is 11.5. The lowest BCUT2D eigenvalue weighted by Gasteiger charge is -2.11. The van der Waals surface area contributed by atoms with Crippen LogP contribution in [-0.2, 0) is 6.61 Å². The lowest BCUT2D eigenvalue weighted by Crippen LogP contribution is -2.15. The van der Waals surface area contributed by atoms with Crippen molar-refractivity contribution in [2.24, 2.45) is 10.9 Å². The predicted molar refractivity (Wildman–Crippen MR) is 82.4 cm³/mol. The Hall–Kier alpha value is -1.79. The second-order valence-electron chi connectivity index (χ2n) is 4.16. The van der Waals surface area contributed by atoms with Crippen molar-refractivity contribution in [1.29, 1.82) is 0 Å². The summed E-state index contributed by atoms with van der Waals surface area (Å²) >= 11 is 9.01. The first-order chi connectivity index (χ1) is 10.0. The van der Waals surface area contributed by atoms with Crippen molar-refractivity contribution in [3.63, 3.8) is 0 Å². The van der Waals surface area contributed by atoms with Gasteiger partial charge < -0.3 is 15.7 Å². The molecule has 0 aliphatic heterocycles. The molecule has 2 rings (SSSR count). The minimum absolute atomic E-state index is 0.0311. The van der Waals surface area contributed by atoms with E-state index in [2.05, 4.69) is 21.1 Å². The molecule has 7 heteroatoms. The molecule has 0 unspecified atom stereocenters. The number of oxime groups is 1. The summed E-state index contributed by atoms with van der Waals surface area (Å²) in [5, 5.41) is 11.8. The average Bonchev–Trinajstić information content (AvgIpc) is 2.48. The largest absolute Gasteiger partial charge is 0.488 e. The van der Waals surface area contributed by atoms with E-state index < -0.39 is 5.82 Å². The van der Waals surface area contributed by atoms with E-state index in [1.54, 1.807) is 24.3 Å². The molecule has 0 heterocycles. The van der Waals surface area contributed by atoms with Gasteiger partial charge in [0.2, 0.25) is 0 Å². The summed E-state index contributed by atoms with van der Waals surface area (Å²) < 4.78 is 19.5. The predicted octanol–water partition coefficient (Wildman–Crippen LogP) is 3.92. The summed E-state index contributed by atoms with van der Waals surface area (Å²) in [7, 11) is 0. The number of hydrogen-bond donors (Lipinski definition) is 2. The first-order valence-corrected chi connectivity index (χ1v) is 7.02. The number of benzene rings is 2. The van der Waals surface area contributed by atoms with Gasteiger partial charge in [0, 0.05) is 4.47 Å². The van der Waals surface area contributed by atoms with Gasteiger partial charge in [-0.15, -0.1) is 0 Å². The first kappa shape index (κ1) is 15.6. The summed E-state index contributed by atoms with van der Waals surface area (Å²) in [6, 6.07) is 9.45. The molecule has 3 N–H and O–H groups in total. The molecule has 110 valence electrons. The summed E-state index contributed by atoms with van der Waals surface area (Å²) in [5.74, 6) is -0.112. The smallest absolute Gasteiger partial charge is 0.173 e. The molecule has 0 aromatic heterocycles. The molecule has 4 nitrogen and oxygen atoms in total. The number of hydrogen-bond acceptors (Lipinski definition) is 3. The number of ether oxygens (including phenoxy) is 1. The van der Waals surface area contributed by atoms with Crippen molar-refractivity contribution in [3.05, 3.63) is 62.8 Å². The molecule has 0 saturated carbocycles. The van der Waals surface area contributed by atoms with E-state index in [1.807, 2.05) is 0 Å². The van der Waals surface area contributed by atoms with Crippen molar-refractivity contribution in [3.8, 4) is 5.75 Å². The topological polar surface area (TPSA) is 67.8 Å². The van der Waals surface area contributed by atoms with Gasteiger partial charge in [0.05, 0.1) is 10.6 Å². The van der Waals surface area contributed by atoms with Gasteiger partial charge in [-0.05, 0) is 35.9 Å². The number of rotatable bonds is 4. The van der Waals surface area contributed by atoms with E-state index in [-0.39, 0.29) is 17.5 Å². The zero-order valence-electron chi connectivity index (χ0n) is 10.7. The molecule has 0 bridgehead atoms. The molecular weight excluding hydrogens is 363 g/mol. The number of nitrogens with two attached hydrogens (primary N) is 1. The summed E-state index contributed by atoms with van der Waals surface area (Å²) in [6.45, 7) is 0.174. The van der Waals surface area contributed by atoms with Crippen LogP contribution in [0.15, 0.2) is 46.0 Å². The molecule has 0 amide bonds. The van der Waals surface area contributed by atoms with Crippen LogP contribution in [0.2, 0.25) is 5.02 Å². The number of halogens is 3. The van der Waals surface area contributed by atoms with Crippen LogP contribution in [0.25, 0.3) is 0 Å². The fourth-order valence-corrected chi connectivity index (χ4v) is 2.24. The molecule has 2 aromatic rings. The van der Waals surface area contributed by atoms with Gasteiger partial charge in [0.15, 0.2) is 5.84 Å². The van der Waals surface area contributed by atoms with E-state index in [9.17, 15) is 4.39 Å². The Morgan fingerprint density at radius 3 is 2.76 bits per heavy atom. The van der Waals surface area contributed by atoms with Gasteiger partial charge in [-0.3, -0.25) is 0 Å². The van der Waals surface area contributed by atoms with E-state index in [0.29, 0.717) is 16.9 Å². The maximum absolute atomic E-state index is 13.1. The Morgan fingerprint density at radius 2 is 2.10 bits per heavy atom. The van der Waals surface area contributed by atoms with Crippen molar-refractivity contribution in [2.45, 2.75) is 6.61 Å². The average molecular weight is 374 g/mol. The van der Waals surface area contributed by atoms with Gasteiger partial charge in [-0.2, -0.15) is 0 Å². The summed E-state index contributed by atoms with van der Waals surface area (Å²) in [6.07, 6.45) is 0. The summed E-state index contributed by atoms with van der Waals surface area (Å²) in [5.41, 5.74) is 6.75. The lowest BCUT2D eigenvalue weighted by atomic mass is 10.2. The molecule has 0 spiro atoms. The van der Waals surface area contributed by atoms with Gasteiger partial charge in [0.25, 0.3) is 0 Å². The number of amidine groups is 1. The minimum atomic E-state index is -0.485. The van der Waals surface area contributed by atoms with Crippen LogP contribution in [0.3, 0.4) is 0 Å². The van der Waals surface area contributed by atoms with Crippen LogP contribution in [0, 0.1) is 5.82 Å². The lowest BCUT2D eigenvalue weighted by molar-refractivity contribution is 0.303. The maximum atomic E-state index is 13.1. The van der Waals surface area contributed by atoms with Crippen LogP contribution in [0.1, 0.15) is 11.1 Å². The minimum Gasteiger partial charge on any atom is -0.488 e. The van der Waals surface area contributed by atoms with Gasteiger partial charge in [-0.1, -0.05) is 38.8 Å². The van der Waals surface area contributed by atoms with Crippen LogP contribution < -0.4 is 10.5 Å². The van der Waals surface area contributed by atoms with E-state index in [4.69, 9.17) is 27.3 Å². The Kier molecular flexibility index (Phi) is 5.03. The van der Waals surface area contributed by atoms with Gasteiger partial charge in [0.1, 0.15) is 18.2 Å². The second-order valence-corrected chi connectivity index (χ2v) is 5.49. The molecule has 0 saturated heterocycles. The molecule has 0 aliphatic rings. The molecule has 21 heavy (non-hydrogen) atoms. The quantitative estimate of drug-likeness (QED) is 0.369. The van der Waals surface area contributed by atoms with Crippen molar-refractivity contribution in [2.75, 3.05) is 0 Å². The third-order valence-corrected chi connectivity index (χ3v) is 3.49. The molecule has 0 aliphatic carbocycles. The third-order valence-electron chi connectivity index (χ3n) is 2.70. The van der Waals surface area contributed by atoms with Crippen molar-refractivity contribution >= 4 is 33.4 Å². The zero-order chi connectivity index (χ0) is 15.4. The highest BCUT2D eigenvalue weighted by molar-refractivity contribution is 9.10. The SMILES string of the molecule is N/C(=N/O)c1cc(Br)ccc1OCc1ccc(F)c(Cl)c1. The highest BCUT2D eigenvalue weighted by Crippen LogP contribution is 2.24. The molecule has 0 fully saturated rings. The van der Waals surface area contributed by atoms with Gasteiger partial charge >= 0.3 is 0 Å². The fourth-order valence-electron chi connectivity index (χ4n) is 1.67. The van der Waals surface area contributed by atoms with Crippen molar-refractivity contribution in [1.82, 2.24) is 0 Å². The van der Waals surface area contributed by atoms with E-state index >= 15 is 0 Å². The van der Waals surface area contributed by atoms with Crippen LogP contribution in [0.5, 0.6) is 5.75 Å². The first-order valence-electron chi connectivity index (χ1n) is 5.85. The molecule has 2 aromatic carbocycles. The van der Waals surface area contributed by atoms with Gasteiger partial charge in [-0.25, -0.2) is 4.39 Å². The van der Waals surface area contributed by atoms with Crippen LogP contribution in [-0.4, -0.2) is 11.0 Å². The van der Waals surface area contributed by atoms with E-state index in [1.165, 1.54) is 12.1 Å². The Morgan fingerprint density at radius 1 is 1.33 bits per heavy atom. The molecule has 0 atom stereocenters. The standard InChI is InChI=1S/C14H11BrClFN2O2/c15-9-2-4-13(10(6-9)14(18)19-20)21-7-8-1-3-12(17)11(16)5-8/h1-6,20H,7H2,(H2,18,19). The summed E-state index contributed by atoms with van der Waals surface area (Å²) in [4.78, 5) is 0. The van der Waals surface area contributed by atoms with E-state index in [0.717, 1.165) is 4.47 Å². The third kappa shape index (κ3) is 3.86. The van der Waals surface area contributed by atoms with Crippen LogP contribution in [0.4, 0.5) is 4.39 Å². The second kappa shape index (κ2) is 6.78. The fraction of sp³-hybridized carbons (Fsp3) is 0.0714. The Bertz CT molecular complexity index is 695. The number of nitrogens with zero attached hydrogens (tertiary/aromatic N) is 1. The molecule has 0 radical (unpaired) electrons. The molecular formula is C14H11BrClFN2O2. The Labute approximate surface area is 134 Å². The highest BCUT2D eigenvalue weighted by Gasteiger charge is 2.10. The van der Waals surface area contributed by atoms with Crippen LogP contribution >= 0.6 is 27.5 Å².